The molecule has 0 aromatic heterocycles. The van der Waals surface area contributed by atoms with Crippen molar-refractivity contribution in [1.29, 1.82) is 0 Å². The number of hydrogen-bond acceptors (Lipinski definition) is 2. The molecule has 0 saturated carbocycles. The van der Waals surface area contributed by atoms with E-state index in [4.69, 9.17) is 11.6 Å². The Bertz CT molecular complexity index is 363. The van der Waals surface area contributed by atoms with Crippen molar-refractivity contribution >= 4 is 17.4 Å². The fraction of sp³-hybridized carbons (Fsp3) is 0.200. The summed E-state index contributed by atoms with van der Waals surface area (Å²) in [5.41, 5.74) is 1.96. The molecule has 0 bridgehead atoms. The van der Waals surface area contributed by atoms with Gasteiger partial charge in [0.15, 0.2) is 0 Å². The molecular weight excluding hydrogens is 191 g/mol. The minimum Gasteiger partial charge on any atom is -0.378 e. The molecule has 2 rings (SSSR count). The van der Waals surface area contributed by atoms with Gasteiger partial charge < -0.3 is 5.32 Å². The third kappa shape index (κ3) is 2.27. The normalized spacial score (nSPS) is 14.2. The van der Waals surface area contributed by atoms with Crippen molar-refractivity contribution in [1.82, 2.24) is 5.32 Å². The smallest absolute Gasteiger partial charge is 0.378 e. The van der Waals surface area contributed by atoms with Crippen molar-refractivity contribution in [3.05, 3.63) is 41.3 Å². The van der Waals surface area contributed by atoms with Crippen LogP contribution in [0.5, 0.6) is 0 Å². The van der Waals surface area contributed by atoms with E-state index in [0.717, 1.165) is 35.1 Å². The summed E-state index contributed by atoms with van der Waals surface area (Å²) in [5.74, 6) is 0.910. The average Bonchev–Trinajstić information content (AvgIpc) is 2.61. The van der Waals surface area contributed by atoms with E-state index in [1.807, 2.05) is 18.2 Å². The third-order valence-electron chi connectivity index (χ3n) is 2.00. The molecule has 2 nitrogen and oxygen atoms in total. The van der Waals surface area contributed by atoms with Gasteiger partial charge in [-0.05, 0) is 0 Å². The minimum absolute atomic E-state index is 0. The second-order valence-electron chi connectivity index (χ2n) is 2.96. The number of nitrogens with zero attached hydrogens (tertiary/aromatic N) is 1. The quantitative estimate of drug-likeness (QED) is 0.451. The zero-order valence-electron chi connectivity index (χ0n) is 8.18. The van der Waals surface area contributed by atoms with Gasteiger partial charge in [-0.25, -0.2) is 0 Å². The number of benzene rings is 1. The van der Waals surface area contributed by atoms with Gasteiger partial charge in [-0.15, -0.1) is 0 Å². The molecule has 0 amide bonds. The molecule has 0 spiro atoms. The van der Waals surface area contributed by atoms with E-state index < -0.39 is 0 Å². The summed E-state index contributed by atoms with van der Waals surface area (Å²) in [6.45, 7) is 5.67. The number of hydrogen-bond donors (Lipinski definition) is 1. The molecule has 4 heteroatoms. The number of amidine groups is 1. The molecule has 0 aliphatic carbocycles. The maximum absolute atomic E-state index is 5.88. The summed E-state index contributed by atoms with van der Waals surface area (Å²) in [7, 11) is 0. The zero-order chi connectivity index (χ0) is 9.26. The second-order valence-corrected chi connectivity index (χ2v) is 3.40. The first-order chi connectivity index (χ1) is 6.27. The van der Waals surface area contributed by atoms with Crippen molar-refractivity contribution < 1.29 is 18.9 Å². The molecule has 68 valence electrons. The van der Waals surface area contributed by atoms with Gasteiger partial charge >= 0.3 is 18.9 Å². The molecule has 0 saturated heterocycles. The van der Waals surface area contributed by atoms with Crippen molar-refractivity contribution in [2.75, 3.05) is 13.1 Å². The predicted molar refractivity (Wildman–Crippen MR) is 55.3 cm³/mol. The number of halogens is 1. The van der Waals surface area contributed by atoms with Gasteiger partial charge in [0.2, 0.25) is 0 Å². The predicted octanol–water partition coefficient (Wildman–Crippen LogP) is -1.12. The third-order valence-corrected chi connectivity index (χ3v) is 2.24. The Morgan fingerprint density at radius 3 is 2.86 bits per heavy atom. The van der Waals surface area contributed by atoms with E-state index in [9.17, 15) is 0 Å². The van der Waals surface area contributed by atoms with Gasteiger partial charge in [0.05, 0.1) is 12.4 Å². The Kier molecular flexibility index (Phi) is 3.94. The molecule has 1 heterocycles. The second kappa shape index (κ2) is 4.79. The maximum Gasteiger partial charge on any atom is 1.00 e. The van der Waals surface area contributed by atoms with Crippen LogP contribution in [0.4, 0.5) is 0 Å². The SMILES string of the molecule is [CH2-]c1ccc(Cl)cc1C1=NCCN1.[Li+]. The molecule has 1 aromatic rings. The Hall–Kier alpha value is -0.553. The van der Waals surface area contributed by atoms with Gasteiger partial charge in [0.25, 0.3) is 0 Å². The van der Waals surface area contributed by atoms with Crippen LogP contribution in [0.1, 0.15) is 11.1 Å². The Morgan fingerprint density at radius 2 is 2.21 bits per heavy atom. The van der Waals surface area contributed by atoms with Gasteiger partial charge in [0, 0.05) is 11.6 Å². The van der Waals surface area contributed by atoms with E-state index in [1.54, 1.807) is 0 Å². The fourth-order valence-electron chi connectivity index (χ4n) is 1.35. The molecule has 1 aliphatic rings. The number of rotatable bonds is 1. The standard InChI is InChI=1S/C10H10ClN2.Li/c1-7-2-3-8(11)6-9(7)10-12-4-5-13-10;/h2-3,6H,1,4-5H2,(H,12,13);/q-1;+1. The van der Waals surface area contributed by atoms with Gasteiger partial charge in [-0.2, -0.15) is 18.6 Å². The molecule has 0 radical (unpaired) electrons. The Morgan fingerprint density at radius 1 is 1.43 bits per heavy atom. The first-order valence-corrected chi connectivity index (χ1v) is 4.55. The number of aliphatic imine (C=N–C) groups is 1. The van der Waals surface area contributed by atoms with Crippen LogP contribution in [0.25, 0.3) is 0 Å². The maximum atomic E-state index is 5.88. The van der Waals surface area contributed by atoms with Crippen LogP contribution >= 0.6 is 11.6 Å². The fourth-order valence-corrected chi connectivity index (χ4v) is 1.52. The molecule has 1 aliphatic heterocycles. The molecule has 1 N–H and O–H groups in total. The van der Waals surface area contributed by atoms with Crippen molar-refractivity contribution in [2.45, 2.75) is 0 Å². The first-order valence-electron chi connectivity index (χ1n) is 4.17. The molecule has 1 aromatic carbocycles. The van der Waals surface area contributed by atoms with Crippen molar-refractivity contribution in [3.63, 3.8) is 0 Å². The topological polar surface area (TPSA) is 24.4 Å². The summed E-state index contributed by atoms with van der Waals surface area (Å²) >= 11 is 5.88. The molecule has 14 heavy (non-hydrogen) atoms. The molecular formula is C10H10ClLiN2. The van der Waals surface area contributed by atoms with E-state index in [0.29, 0.717) is 0 Å². The molecule has 0 unspecified atom stereocenters. The van der Waals surface area contributed by atoms with Crippen LogP contribution in [-0.4, -0.2) is 18.9 Å². The Balaban J connectivity index is 0.000000980. The van der Waals surface area contributed by atoms with Crippen LogP contribution in [0, 0.1) is 6.92 Å². The largest absolute Gasteiger partial charge is 1.00 e. The van der Waals surface area contributed by atoms with Crippen LogP contribution < -0.4 is 24.2 Å². The number of nitrogens with one attached hydrogen (secondary N) is 1. The monoisotopic (exact) mass is 200 g/mol. The van der Waals surface area contributed by atoms with Crippen molar-refractivity contribution in [3.8, 4) is 0 Å². The van der Waals surface area contributed by atoms with Crippen LogP contribution in [0.3, 0.4) is 0 Å². The summed E-state index contributed by atoms with van der Waals surface area (Å²) in [6.07, 6.45) is 0. The van der Waals surface area contributed by atoms with E-state index in [-0.39, 0.29) is 18.9 Å². The van der Waals surface area contributed by atoms with E-state index >= 15 is 0 Å². The molecule has 0 atom stereocenters. The van der Waals surface area contributed by atoms with E-state index in [1.165, 1.54) is 0 Å². The van der Waals surface area contributed by atoms with Gasteiger partial charge in [0.1, 0.15) is 0 Å². The van der Waals surface area contributed by atoms with Crippen molar-refractivity contribution in [2.24, 2.45) is 4.99 Å². The minimum atomic E-state index is 0. The van der Waals surface area contributed by atoms with Crippen LogP contribution in [-0.2, 0) is 0 Å². The molecule has 0 fully saturated rings. The van der Waals surface area contributed by atoms with E-state index in [2.05, 4.69) is 17.2 Å². The summed E-state index contributed by atoms with van der Waals surface area (Å²) in [4.78, 5) is 4.31. The summed E-state index contributed by atoms with van der Waals surface area (Å²) < 4.78 is 0. The van der Waals surface area contributed by atoms with Crippen LogP contribution in [0.2, 0.25) is 5.02 Å². The average molecular weight is 201 g/mol. The van der Waals surface area contributed by atoms with Gasteiger partial charge in [-0.1, -0.05) is 29.3 Å². The zero-order valence-corrected chi connectivity index (χ0v) is 8.93. The Labute approximate surface area is 101 Å². The first kappa shape index (κ1) is 11.5. The summed E-state index contributed by atoms with van der Waals surface area (Å²) in [5, 5.41) is 3.91. The summed E-state index contributed by atoms with van der Waals surface area (Å²) in [6, 6.07) is 5.63. The van der Waals surface area contributed by atoms with Gasteiger partial charge in [-0.3, -0.25) is 4.99 Å². The van der Waals surface area contributed by atoms with Crippen LogP contribution in [0.15, 0.2) is 23.2 Å².